The zero-order chi connectivity index (χ0) is 93.9. The van der Waals surface area contributed by atoms with Crippen LogP contribution in [0.25, 0.3) is 208 Å². The van der Waals surface area contributed by atoms with E-state index in [1.165, 1.54) is 142 Å². The van der Waals surface area contributed by atoms with Gasteiger partial charge in [-0.3, -0.25) is 0 Å². The minimum atomic E-state index is 0.876. The second-order valence-corrected chi connectivity index (χ2v) is 36.5. The molecule has 0 saturated heterocycles. The van der Waals surface area contributed by atoms with E-state index in [0.29, 0.717) is 0 Å². The Morgan fingerprint density at radius 3 is 0.979 bits per heavy atom. The van der Waals surface area contributed by atoms with Gasteiger partial charge in [0.15, 0.2) is 0 Å². The van der Waals surface area contributed by atoms with Crippen LogP contribution in [0.1, 0.15) is 0 Å². The maximum Gasteiger partial charge on any atom is 0.137 e. The van der Waals surface area contributed by atoms with Crippen LogP contribution in [0, 0.1) is 0 Å². The van der Waals surface area contributed by atoms with Gasteiger partial charge in [0, 0.05) is 89.3 Å². The van der Waals surface area contributed by atoms with Crippen LogP contribution in [0.5, 0.6) is 0 Å². The maximum absolute atomic E-state index is 6.36. The van der Waals surface area contributed by atoms with Crippen molar-refractivity contribution in [3.63, 3.8) is 0 Å². The summed E-state index contributed by atoms with van der Waals surface area (Å²) in [4.78, 5) is 7.12. The van der Waals surface area contributed by atoms with Gasteiger partial charge in [0.05, 0.1) is 5.69 Å². The Balaban J connectivity index is 0.000000109. The largest absolute Gasteiger partial charge is 0.456 e. The van der Waals surface area contributed by atoms with Crippen LogP contribution in [0.4, 0.5) is 51.2 Å². The molecule has 6 nitrogen and oxygen atoms in total. The van der Waals surface area contributed by atoms with Crippen LogP contribution in [-0.2, 0) is 0 Å². The van der Waals surface area contributed by atoms with Crippen molar-refractivity contribution in [3.05, 3.63) is 540 Å². The first-order chi connectivity index (χ1) is 70.4. The summed E-state index contributed by atoms with van der Waals surface area (Å²) in [6.07, 6.45) is 0. The second-order valence-electron chi connectivity index (χ2n) is 36.5. The number of para-hydroxylation sites is 3. The third-order valence-electron chi connectivity index (χ3n) is 28.1. The first-order valence-corrected chi connectivity index (χ1v) is 48.5. The van der Waals surface area contributed by atoms with Crippen LogP contribution >= 0.6 is 0 Å². The highest BCUT2D eigenvalue weighted by Crippen LogP contribution is 2.50. The summed E-state index contributed by atoms with van der Waals surface area (Å²) in [5, 5.41) is 24.0. The quantitative estimate of drug-likeness (QED) is 0.0954. The summed E-state index contributed by atoms with van der Waals surface area (Å²) in [6, 6.07) is 193. The lowest BCUT2D eigenvalue weighted by atomic mass is 9.92. The van der Waals surface area contributed by atoms with E-state index in [1.54, 1.807) is 0 Å². The summed E-state index contributed by atoms with van der Waals surface area (Å²) in [7, 11) is 0. The molecule has 6 heteroatoms. The average molecular weight is 1810 g/mol. The molecule has 0 aliphatic rings. The summed E-state index contributed by atoms with van der Waals surface area (Å²) < 4.78 is 18.9. The van der Waals surface area contributed by atoms with Crippen molar-refractivity contribution >= 4 is 192 Å². The molecule has 0 N–H and O–H groups in total. The second kappa shape index (κ2) is 36.0. The molecule has 0 saturated carbocycles. The van der Waals surface area contributed by atoms with Crippen LogP contribution in [0.3, 0.4) is 0 Å². The Hall–Kier alpha value is -18.9. The summed E-state index contributed by atoms with van der Waals surface area (Å²) in [6.45, 7) is 0. The predicted molar refractivity (Wildman–Crippen MR) is 600 cm³/mol. The van der Waals surface area contributed by atoms with Gasteiger partial charge in [-0.25, -0.2) is 0 Å². The molecule has 0 amide bonds. The summed E-state index contributed by atoms with van der Waals surface area (Å²) >= 11 is 0. The van der Waals surface area contributed by atoms with Crippen molar-refractivity contribution in [1.82, 2.24) is 0 Å². The molecule has 25 aromatic carbocycles. The van der Waals surface area contributed by atoms with Gasteiger partial charge in [-0.2, -0.15) is 0 Å². The molecule has 0 unspecified atom stereocenters. The van der Waals surface area contributed by atoms with Gasteiger partial charge >= 0.3 is 0 Å². The number of furan rings is 3. The Morgan fingerprint density at radius 1 is 0.113 bits per heavy atom. The van der Waals surface area contributed by atoms with Gasteiger partial charge in [-0.1, -0.05) is 388 Å². The molecule has 0 atom stereocenters. The topological polar surface area (TPSA) is 49.1 Å². The third kappa shape index (κ3) is 15.5. The van der Waals surface area contributed by atoms with E-state index in [9.17, 15) is 0 Å². The van der Waals surface area contributed by atoms with E-state index in [1.807, 2.05) is 36.4 Å². The van der Waals surface area contributed by atoms with Crippen LogP contribution in [0.15, 0.2) is 553 Å². The Labute approximate surface area is 821 Å². The fourth-order valence-electron chi connectivity index (χ4n) is 21.3. The smallest absolute Gasteiger partial charge is 0.137 e. The number of rotatable bonds is 15. The van der Waals surface area contributed by atoms with E-state index < -0.39 is 0 Å². The van der Waals surface area contributed by atoms with E-state index in [-0.39, 0.29) is 0 Å². The molecule has 142 heavy (non-hydrogen) atoms. The molecule has 28 aromatic rings. The van der Waals surface area contributed by atoms with Crippen molar-refractivity contribution in [1.29, 1.82) is 0 Å². The van der Waals surface area contributed by atoms with Gasteiger partial charge in [-0.05, 0) is 282 Å². The number of anilines is 9. The lowest BCUT2D eigenvalue weighted by Gasteiger charge is -2.28. The zero-order valence-corrected chi connectivity index (χ0v) is 77.5. The molecule has 0 fully saturated rings. The first-order valence-electron chi connectivity index (χ1n) is 48.5. The molecule has 0 bridgehead atoms. The fraction of sp³-hybridized carbons (Fsp3) is 0. The molecule has 666 valence electrons. The molecule has 0 aliphatic carbocycles. The molecule has 0 aliphatic heterocycles. The number of benzene rings is 25. The van der Waals surface area contributed by atoms with E-state index in [4.69, 9.17) is 13.3 Å². The molecular weight excluding hydrogens is 1720 g/mol. The van der Waals surface area contributed by atoms with Crippen molar-refractivity contribution in [2.45, 2.75) is 0 Å². The molecule has 3 heterocycles. The lowest BCUT2D eigenvalue weighted by molar-refractivity contribution is 0.668. The van der Waals surface area contributed by atoms with Crippen LogP contribution in [0.2, 0.25) is 0 Å². The van der Waals surface area contributed by atoms with Gasteiger partial charge < -0.3 is 28.0 Å². The predicted octanol–water partition coefficient (Wildman–Crippen LogP) is 39.2. The minimum Gasteiger partial charge on any atom is -0.456 e. The van der Waals surface area contributed by atoms with Gasteiger partial charge in [0.2, 0.25) is 0 Å². The van der Waals surface area contributed by atoms with Crippen molar-refractivity contribution < 1.29 is 13.3 Å². The molecule has 28 rings (SSSR count). The highest BCUT2D eigenvalue weighted by Gasteiger charge is 2.25. The Kier molecular flexibility index (Phi) is 21.2. The van der Waals surface area contributed by atoms with E-state index >= 15 is 0 Å². The van der Waals surface area contributed by atoms with E-state index in [2.05, 4.69) is 518 Å². The van der Waals surface area contributed by atoms with Crippen molar-refractivity contribution in [2.75, 3.05) is 14.7 Å². The summed E-state index contributed by atoms with van der Waals surface area (Å²) in [5.41, 5.74) is 29.5. The Morgan fingerprint density at radius 2 is 0.415 bits per heavy atom. The van der Waals surface area contributed by atoms with Gasteiger partial charge in [-0.15, -0.1) is 0 Å². The van der Waals surface area contributed by atoms with Crippen molar-refractivity contribution in [3.8, 4) is 66.8 Å². The molecule has 0 radical (unpaired) electrons. The maximum atomic E-state index is 6.36. The first kappa shape index (κ1) is 83.7. The Bertz CT molecular complexity index is 9680. The number of nitrogens with zero attached hydrogens (tertiary/aromatic N) is 3. The van der Waals surface area contributed by atoms with Crippen molar-refractivity contribution in [2.24, 2.45) is 0 Å². The zero-order valence-electron chi connectivity index (χ0n) is 77.5. The SMILES string of the molecule is c1ccc(-c2ccc(N(c3ccc4c(c3)oc3ccccc34)c3ccc4c(c3)c(-c3ccccc3)cc3ccccc34)cc2)cc1.c1ccc(-c2ccc(N(c3ccc4oc5ccccc5c4c3)c3cc4ccccc4c4ccc(-c5ccccc5)cc34)cc2)cc1.c1ccc(-c2ccccc2-c2cccc(N(c3ccc4ccc5c6ccccc6ccc5c4c3)c3ccc4oc5ccccc5c4c3)c2)cc1. The number of fused-ring (bicyclic) bond motifs is 20. The molecular formula is C136H89N3O3. The normalized spacial score (nSPS) is 11.5. The molecule has 0 spiro atoms. The van der Waals surface area contributed by atoms with Gasteiger partial charge in [0.1, 0.15) is 33.5 Å². The van der Waals surface area contributed by atoms with Gasteiger partial charge in [0.25, 0.3) is 0 Å². The van der Waals surface area contributed by atoms with E-state index in [0.717, 1.165) is 117 Å². The third-order valence-corrected chi connectivity index (χ3v) is 28.1. The minimum absolute atomic E-state index is 0.876. The van der Waals surface area contributed by atoms with Crippen LogP contribution < -0.4 is 14.7 Å². The highest BCUT2D eigenvalue weighted by molar-refractivity contribution is 6.21. The standard InChI is InChI=1S/C48H31NO.2C44H29NO/c1-2-11-32(12-3-1)39-16-6-7-18-41(39)35-14-10-15-36(29-35)49(38-25-28-48-46(31-38)44-19-8-9-20-47(44)50-48)37-24-21-34-23-26-42-40-17-5-4-13-33(40)22-27-43(42)45(34)30-37;1-3-11-30(12-4-1)32-19-22-35(23-20-32)45(36-24-26-44-41(29-36)39-17-9-10-18-43(39)46-44)42-28-34-15-7-8-16-37(34)38-25-21-33(27-40(38)42)31-13-5-2-6-14-31;1-3-11-30(12-4-1)31-19-21-34(22-20-31)45(36-24-26-40-39-17-9-10-18-43(39)46-44(40)29-36)35-23-25-38-37-16-8-7-15-33(37)27-41(42(38)28-35)32-13-5-2-6-14-32/h1-31H;2*1-29H. The lowest BCUT2D eigenvalue weighted by Crippen LogP contribution is -2.10. The highest BCUT2D eigenvalue weighted by atomic mass is 16.3. The fourth-order valence-corrected chi connectivity index (χ4v) is 21.3. The monoisotopic (exact) mass is 1810 g/mol. The molecule has 3 aromatic heterocycles. The summed E-state index contributed by atoms with van der Waals surface area (Å²) in [5.74, 6) is 0. The number of hydrogen-bond acceptors (Lipinski definition) is 6. The number of hydrogen-bond donors (Lipinski definition) is 0. The average Bonchev–Trinajstić information content (AvgIpc) is 0.896. The van der Waals surface area contributed by atoms with Crippen LogP contribution in [-0.4, -0.2) is 0 Å².